The molecule has 1 aromatic heterocycles. The van der Waals surface area contributed by atoms with Crippen LogP contribution < -0.4 is 5.32 Å². The molecule has 0 aliphatic heterocycles. The minimum Gasteiger partial charge on any atom is -0.338 e. The standard InChI is InChI=1S/C15H11Cl2N3/c1-9-12(16)7-4-8-13(9)18-15-11-6-3-2-5-10(11)14(17)19-20-15/h2-8H,1H3,(H,18,20). The Hall–Kier alpha value is -1.84. The van der Waals surface area contributed by atoms with Gasteiger partial charge in [0.1, 0.15) is 0 Å². The molecule has 0 saturated heterocycles. The van der Waals surface area contributed by atoms with Gasteiger partial charge >= 0.3 is 0 Å². The molecular formula is C15H11Cl2N3. The average molecular weight is 304 g/mol. The van der Waals surface area contributed by atoms with Gasteiger partial charge in [-0.2, -0.15) is 0 Å². The molecule has 1 N–H and O–H groups in total. The van der Waals surface area contributed by atoms with Crippen LogP contribution in [0.5, 0.6) is 0 Å². The summed E-state index contributed by atoms with van der Waals surface area (Å²) in [7, 11) is 0. The first-order valence-electron chi connectivity index (χ1n) is 6.10. The highest BCUT2D eigenvalue weighted by atomic mass is 35.5. The summed E-state index contributed by atoms with van der Waals surface area (Å²) in [6, 6.07) is 13.4. The molecule has 0 aliphatic rings. The van der Waals surface area contributed by atoms with E-state index in [1.165, 1.54) is 0 Å². The van der Waals surface area contributed by atoms with Crippen LogP contribution in [0.15, 0.2) is 42.5 Å². The lowest BCUT2D eigenvalue weighted by Crippen LogP contribution is -1.99. The second-order valence-electron chi connectivity index (χ2n) is 4.42. The molecule has 0 spiro atoms. The van der Waals surface area contributed by atoms with Crippen LogP contribution in [0.2, 0.25) is 10.2 Å². The van der Waals surface area contributed by atoms with Crippen molar-refractivity contribution < 1.29 is 0 Å². The van der Waals surface area contributed by atoms with E-state index in [9.17, 15) is 0 Å². The smallest absolute Gasteiger partial charge is 0.161 e. The van der Waals surface area contributed by atoms with Gasteiger partial charge in [-0.3, -0.25) is 0 Å². The molecule has 0 unspecified atom stereocenters. The molecule has 0 bridgehead atoms. The molecule has 0 amide bonds. The number of aromatic nitrogens is 2. The molecule has 20 heavy (non-hydrogen) atoms. The van der Waals surface area contributed by atoms with Gasteiger partial charge in [-0.05, 0) is 24.6 Å². The van der Waals surface area contributed by atoms with Gasteiger partial charge in [0, 0.05) is 21.5 Å². The minimum atomic E-state index is 0.397. The summed E-state index contributed by atoms with van der Waals surface area (Å²) in [6.07, 6.45) is 0. The molecule has 0 saturated carbocycles. The second kappa shape index (κ2) is 5.27. The van der Waals surface area contributed by atoms with E-state index in [4.69, 9.17) is 23.2 Å². The van der Waals surface area contributed by atoms with E-state index in [2.05, 4.69) is 15.5 Å². The summed E-state index contributed by atoms with van der Waals surface area (Å²) in [4.78, 5) is 0. The number of rotatable bonds is 2. The van der Waals surface area contributed by atoms with E-state index in [1.54, 1.807) is 0 Å². The zero-order chi connectivity index (χ0) is 14.1. The maximum absolute atomic E-state index is 6.13. The lowest BCUT2D eigenvalue weighted by atomic mass is 10.1. The van der Waals surface area contributed by atoms with Crippen molar-refractivity contribution in [3.8, 4) is 0 Å². The van der Waals surface area contributed by atoms with Gasteiger partial charge in [0.15, 0.2) is 11.0 Å². The molecule has 3 aromatic rings. The number of anilines is 2. The lowest BCUT2D eigenvalue weighted by Gasteiger charge is -2.11. The maximum Gasteiger partial charge on any atom is 0.161 e. The molecule has 1 heterocycles. The van der Waals surface area contributed by atoms with Crippen molar-refractivity contribution in [2.24, 2.45) is 0 Å². The Balaban J connectivity index is 2.12. The Morgan fingerprint density at radius 2 is 1.65 bits per heavy atom. The third kappa shape index (κ3) is 2.30. The number of benzene rings is 2. The largest absolute Gasteiger partial charge is 0.338 e. The highest BCUT2D eigenvalue weighted by molar-refractivity contribution is 6.34. The normalized spacial score (nSPS) is 10.8. The van der Waals surface area contributed by atoms with Crippen molar-refractivity contribution in [1.29, 1.82) is 0 Å². The Morgan fingerprint density at radius 1 is 0.900 bits per heavy atom. The summed E-state index contributed by atoms with van der Waals surface area (Å²) >= 11 is 12.2. The van der Waals surface area contributed by atoms with Gasteiger partial charge in [0.05, 0.1) is 0 Å². The first kappa shape index (κ1) is 13.2. The van der Waals surface area contributed by atoms with Crippen LogP contribution >= 0.6 is 23.2 Å². The maximum atomic E-state index is 6.13. The molecule has 3 nitrogen and oxygen atoms in total. The number of nitrogens with one attached hydrogen (secondary N) is 1. The van der Waals surface area contributed by atoms with E-state index >= 15 is 0 Å². The summed E-state index contributed by atoms with van der Waals surface area (Å²) < 4.78 is 0. The molecule has 0 radical (unpaired) electrons. The van der Waals surface area contributed by atoms with Gasteiger partial charge in [0.2, 0.25) is 0 Å². The lowest BCUT2D eigenvalue weighted by molar-refractivity contribution is 1.05. The Kier molecular flexibility index (Phi) is 3.47. The zero-order valence-electron chi connectivity index (χ0n) is 10.7. The van der Waals surface area contributed by atoms with E-state index < -0.39 is 0 Å². The van der Waals surface area contributed by atoms with Crippen molar-refractivity contribution in [3.05, 3.63) is 58.2 Å². The third-order valence-corrected chi connectivity index (χ3v) is 3.85. The number of nitrogens with zero attached hydrogens (tertiary/aromatic N) is 2. The highest BCUT2D eigenvalue weighted by Gasteiger charge is 2.09. The number of hydrogen-bond donors (Lipinski definition) is 1. The first-order valence-corrected chi connectivity index (χ1v) is 6.85. The Morgan fingerprint density at radius 3 is 2.45 bits per heavy atom. The number of halogens is 2. The quantitative estimate of drug-likeness (QED) is 0.725. The van der Waals surface area contributed by atoms with E-state index in [1.807, 2.05) is 49.4 Å². The topological polar surface area (TPSA) is 37.8 Å². The molecule has 0 fully saturated rings. The van der Waals surface area contributed by atoms with Crippen LogP contribution in [0.4, 0.5) is 11.5 Å². The fraction of sp³-hybridized carbons (Fsp3) is 0.0667. The van der Waals surface area contributed by atoms with Crippen LogP contribution in [0.25, 0.3) is 10.8 Å². The number of hydrogen-bond acceptors (Lipinski definition) is 3. The zero-order valence-corrected chi connectivity index (χ0v) is 12.2. The minimum absolute atomic E-state index is 0.397. The first-order chi connectivity index (χ1) is 9.66. The van der Waals surface area contributed by atoms with Crippen molar-refractivity contribution in [2.45, 2.75) is 6.92 Å². The molecule has 100 valence electrons. The monoisotopic (exact) mass is 303 g/mol. The molecule has 5 heteroatoms. The van der Waals surface area contributed by atoms with Gasteiger partial charge < -0.3 is 5.32 Å². The highest BCUT2D eigenvalue weighted by Crippen LogP contribution is 2.30. The van der Waals surface area contributed by atoms with Gasteiger partial charge in [0.25, 0.3) is 0 Å². The summed E-state index contributed by atoms with van der Waals surface area (Å²) in [6.45, 7) is 1.95. The van der Waals surface area contributed by atoms with Crippen LogP contribution in [0, 0.1) is 6.92 Å². The second-order valence-corrected chi connectivity index (χ2v) is 5.19. The fourth-order valence-corrected chi connectivity index (χ4v) is 2.41. The Bertz CT molecular complexity index is 787. The van der Waals surface area contributed by atoms with Crippen molar-refractivity contribution in [1.82, 2.24) is 10.2 Å². The molecule has 3 rings (SSSR count). The van der Waals surface area contributed by atoms with E-state index in [0.717, 1.165) is 22.0 Å². The van der Waals surface area contributed by atoms with Gasteiger partial charge in [-0.1, -0.05) is 53.5 Å². The van der Waals surface area contributed by atoms with Crippen molar-refractivity contribution >= 4 is 45.5 Å². The van der Waals surface area contributed by atoms with E-state index in [-0.39, 0.29) is 0 Å². The average Bonchev–Trinajstić information content (AvgIpc) is 2.47. The molecular weight excluding hydrogens is 293 g/mol. The van der Waals surface area contributed by atoms with Crippen LogP contribution in [0.1, 0.15) is 5.56 Å². The van der Waals surface area contributed by atoms with Crippen molar-refractivity contribution in [3.63, 3.8) is 0 Å². The van der Waals surface area contributed by atoms with Crippen LogP contribution in [-0.4, -0.2) is 10.2 Å². The predicted octanol–water partition coefficient (Wildman–Crippen LogP) is 4.99. The SMILES string of the molecule is Cc1c(Cl)cccc1Nc1nnc(Cl)c2ccccc12. The van der Waals surface area contributed by atoms with Gasteiger partial charge in [-0.15, -0.1) is 10.2 Å². The fourth-order valence-electron chi connectivity index (χ4n) is 2.03. The van der Waals surface area contributed by atoms with Crippen LogP contribution in [0.3, 0.4) is 0 Å². The Labute approximate surface area is 126 Å². The van der Waals surface area contributed by atoms with Gasteiger partial charge in [-0.25, -0.2) is 0 Å². The molecule has 0 atom stereocenters. The number of fused-ring (bicyclic) bond motifs is 1. The van der Waals surface area contributed by atoms with E-state index in [0.29, 0.717) is 16.0 Å². The summed E-state index contributed by atoms with van der Waals surface area (Å²) in [5, 5.41) is 14.3. The summed E-state index contributed by atoms with van der Waals surface area (Å²) in [5.41, 5.74) is 1.87. The molecule has 2 aromatic carbocycles. The van der Waals surface area contributed by atoms with Crippen LogP contribution in [-0.2, 0) is 0 Å². The third-order valence-electron chi connectivity index (χ3n) is 3.16. The predicted molar refractivity (Wildman–Crippen MR) is 84.0 cm³/mol. The van der Waals surface area contributed by atoms with Crippen molar-refractivity contribution in [2.75, 3.05) is 5.32 Å². The molecule has 0 aliphatic carbocycles. The summed E-state index contributed by atoms with van der Waals surface area (Å²) in [5.74, 6) is 0.662.